The van der Waals surface area contributed by atoms with E-state index in [4.69, 9.17) is 4.74 Å². The molecule has 164 valence electrons. The van der Waals surface area contributed by atoms with Crippen molar-refractivity contribution in [2.45, 2.75) is 51.5 Å². The van der Waals surface area contributed by atoms with Gasteiger partial charge in [-0.3, -0.25) is 14.5 Å². The Morgan fingerprint density at radius 1 is 1.00 bits per heavy atom. The van der Waals surface area contributed by atoms with Gasteiger partial charge in [0.05, 0.1) is 18.9 Å². The zero-order valence-corrected chi connectivity index (χ0v) is 18.4. The van der Waals surface area contributed by atoms with E-state index in [0.29, 0.717) is 18.9 Å². The minimum Gasteiger partial charge on any atom is -0.497 e. The predicted octanol–water partition coefficient (Wildman–Crippen LogP) is 2.56. The molecule has 3 aliphatic heterocycles. The molecule has 0 N–H and O–H groups in total. The van der Waals surface area contributed by atoms with Crippen LogP contribution in [-0.4, -0.2) is 78.9 Å². The molecule has 0 saturated carbocycles. The maximum Gasteiger partial charge on any atom is 0.230 e. The van der Waals surface area contributed by atoms with E-state index in [1.807, 2.05) is 29.2 Å². The SMILES string of the molecule is CCN1CC[C@@]2(C(=O)N3CCCC3)CCN(C(=O)Cc3ccc(OC)cc3)CC[C@@H]12. The number of rotatable bonds is 5. The van der Waals surface area contributed by atoms with Crippen molar-refractivity contribution in [3.8, 4) is 5.75 Å². The number of hydrogen-bond donors (Lipinski definition) is 0. The molecular formula is C24H35N3O3. The second-order valence-corrected chi connectivity index (χ2v) is 8.99. The van der Waals surface area contributed by atoms with Crippen molar-refractivity contribution in [2.75, 3.05) is 46.4 Å². The van der Waals surface area contributed by atoms with Gasteiger partial charge in [-0.2, -0.15) is 0 Å². The molecule has 1 aromatic rings. The predicted molar refractivity (Wildman–Crippen MR) is 116 cm³/mol. The number of methoxy groups -OCH3 is 1. The number of hydrogen-bond acceptors (Lipinski definition) is 4. The summed E-state index contributed by atoms with van der Waals surface area (Å²) in [5, 5.41) is 0. The second kappa shape index (κ2) is 8.96. The minimum atomic E-state index is -0.310. The maximum absolute atomic E-state index is 13.6. The van der Waals surface area contributed by atoms with Gasteiger partial charge in [-0.05, 0) is 62.9 Å². The molecule has 0 spiro atoms. The highest BCUT2D eigenvalue weighted by Gasteiger charge is 2.54. The summed E-state index contributed by atoms with van der Waals surface area (Å²) < 4.78 is 5.21. The lowest BCUT2D eigenvalue weighted by Gasteiger charge is -2.38. The third-order valence-corrected chi connectivity index (χ3v) is 7.52. The first-order chi connectivity index (χ1) is 14.6. The Kier molecular flexibility index (Phi) is 6.32. The fourth-order valence-corrected chi connectivity index (χ4v) is 5.74. The molecule has 2 atom stereocenters. The molecule has 6 heteroatoms. The van der Waals surface area contributed by atoms with Gasteiger partial charge in [0.2, 0.25) is 11.8 Å². The molecule has 3 saturated heterocycles. The average Bonchev–Trinajstić information content (AvgIpc) is 3.38. The lowest BCUT2D eigenvalue weighted by atomic mass is 9.75. The summed E-state index contributed by atoms with van der Waals surface area (Å²) in [6.45, 7) is 7.39. The van der Waals surface area contributed by atoms with E-state index in [1.54, 1.807) is 7.11 Å². The Balaban J connectivity index is 1.48. The molecule has 4 rings (SSSR count). The summed E-state index contributed by atoms with van der Waals surface area (Å²) in [6.07, 6.45) is 5.26. The van der Waals surface area contributed by atoms with Crippen LogP contribution in [0.3, 0.4) is 0 Å². The van der Waals surface area contributed by atoms with Gasteiger partial charge in [-0.1, -0.05) is 19.1 Å². The number of nitrogens with zero attached hydrogens (tertiary/aromatic N) is 3. The van der Waals surface area contributed by atoms with E-state index in [9.17, 15) is 9.59 Å². The summed E-state index contributed by atoms with van der Waals surface area (Å²) >= 11 is 0. The van der Waals surface area contributed by atoms with Crippen LogP contribution >= 0.6 is 0 Å². The van der Waals surface area contributed by atoms with Crippen molar-refractivity contribution >= 4 is 11.8 Å². The Morgan fingerprint density at radius 2 is 1.70 bits per heavy atom. The largest absolute Gasteiger partial charge is 0.497 e. The number of carbonyl (C=O) groups is 2. The maximum atomic E-state index is 13.6. The van der Waals surface area contributed by atoms with E-state index in [2.05, 4.69) is 16.7 Å². The fraction of sp³-hybridized carbons (Fsp3) is 0.667. The van der Waals surface area contributed by atoms with Crippen molar-refractivity contribution < 1.29 is 14.3 Å². The van der Waals surface area contributed by atoms with Crippen LogP contribution < -0.4 is 4.74 Å². The van der Waals surface area contributed by atoms with E-state index in [1.165, 1.54) is 0 Å². The van der Waals surface area contributed by atoms with Crippen LogP contribution in [0, 0.1) is 5.41 Å². The van der Waals surface area contributed by atoms with Crippen molar-refractivity contribution in [1.29, 1.82) is 0 Å². The zero-order valence-electron chi connectivity index (χ0n) is 18.4. The monoisotopic (exact) mass is 413 g/mol. The molecule has 2 amide bonds. The summed E-state index contributed by atoms with van der Waals surface area (Å²) in [5.74, 6) is 1.31. The molecule has 0 radical (unpaired) electrons. The number of carbonyl (C=O) groups excluding carboxylic acids is 2. The number of amides is 2. The highest BCUT2D eigenvalue weighted by atomic mass is 16.5. The molecule has 0 bridgehead atoms. The zero-order chi connectivity index (χ0) is 21.1. The molecule has 3 aliphatic rings. The van der Waals surface area contributed by atoms with E-state index < -0.39 is 0 Å². The van der Waals surface area contributed by atoms with Crippen LogP contribution in [0.25, 0.3) is 0 Å². The van der Waals surface area contributed by atoms with E-state index in [0.717, 1.165) is 76.1 Å². The van der Waals surface area contributed by atoms with Crippen LogP contribution in [-0.2, 0) is 16.0 Å². The van der Waals surface area contributed by atoms with Crippen LogP contribution in [0.4, 0.5) is 0 Å². The first kappa shape index (κ1) is 21.2. The van der Waals surface area contributed by atoms with Crippen molar-refractivity contribution in [3.63, 3.8) is 0 Å². The minimum absolute atomic E-state index is 0.159. The third kappa shape index (κ3) is 3.94. The van der Waals surface area contributed by atoms with Gasteiger partial charge in [0, 0.05) is 32.2 Å². The highest BCUT2D eigenvalue weighted by molar-refractivity contribution is 5.85. The van der Waals surface area contributed by atoms with Crippen molar-refractivity contribution in [1.82, 2.24) is 14.7 Å². The van der Waals surface area contributed by atoms with Gasteiger partial charge >= 0.3 is 0 Å². The normalized spacial score (nSPS) is 27.1. The molecule has 0 unspecified atom stereocenters. The molecule has 0 aromatic heterocycles. The van der Waals surface area contributed by atoms with E-state index >= 15 is 0 Å². The Bertz CT molecular complexity index is 759. The van der Waals surface area contributed by atoms with Crippen molar-refractivity contribution in [3.05, 3.63) is 29.8 Å². The van der Waals surface area contributed by atoms with Gasteiger partial charge < -0.3 is 14.5 Å². The second-order valence-electron chi connectivity index (χ2n) is 8.99. The molecule has 1 aromatic carbocycles. The lowest BCUT2D eigenvalue weighted by molar-refractivity contribution is -0.143. The van der Waals surface area contributed by atoms with Crippen LogP contribution in [0.5, 0.6) is 5.75 Å². The summed E-state index contributed by atoms with van der Waals surface area (Å²) in [5.41, 5.74) is 0.693. The third-order valence-electron chi connectivity index (χ3n) is 7.52. The first-order valence-corrected chi connectivity index (χ1v) is 11.5. The van der Waals surface area contributed by atoms with Crippen LogP contribution in [0.2, 0.25) is 0 Å². The van der Waals surface area contributed by atoms with Gasteiger partial charge in [0.1, 0.15) is 5.75 Å². The molecule has 3 heterocycles. The number of likely N-dealkylation sites (tertiary alicyclic amines) is 3. The van der Waals surface area contributed by atoms with Gasteiger partial charge in [-0.15, -0.1) is 0 Å². The van der Waals surface area contributed by atoms with Gasteiger partial charge in [0.15, 0.2) is 0 Å². The standard InChI is InChI=1S/C24H35N3O3/c1-3-25-16-11-24(23(29)27-13-4-5-14-27)12-17-26(15-10-21(24)25)22(28)18-19-6-8-20(30-2)9-7-19/h6-9,21H,3-5,10-18H2,1-2H3/t21-,24-/m1/s1. The van der Waals surface area contributed by atoms with Crippen LogP contribution in [0.15, 0.2) is 24.3 Å². The molecule has 0 aliphatic carbocycles. The smallest absolute Gasteiger partial charge is 0.230 e. The van der Waals surface area contributed by atoms with E-state index in [-0.39, 0.29) is 17.4 Å². The summed E-state index contributed by atoms with van der Waals surface area (Å²) in [7, 11) is 1.65. The Hall–Kier alpha value is -2.08. The first-order valence-electron chi connectivity index (χ1n) is 11.5. The Labute approximate surface area is 180 Å². The molecule has 6 nitrogen and oxygen atoms in total. The van der Waals surface area contributed by atoms with Crippen LogP contribution in [0.1, 0.15) is 44.6 Å². The van der Waals surface area contributed by atoms with Crippen molar-refractivity contribution in [2.24, 2.45) is 5.41 Å². The number of benzene rings is 1. The average molecular weight is 414 g/mol. The molecular weight excluding hydrogens is 378 g/mol. The van der Waals surface area contributed by atoms with Gasteiger partial charge in [0.25, 0.3) is 0 Å². The summed E-state index contributed by atoms with van der Waals surface area (Å²) in [4.78, 5) is 33.3. The lowest BCUT2D eigenvalue weighted by Crippen LogP contribution is -2.50. The topological polar surface area (TPSA) is 53.1 Å². The number of ether oxygens (including phenoxy) is 1. The summed E-state index contributed by atoms with van der Waals surface area (Å²) in [6, 6.07) is 7.98. The molecule has 30 heavy (non-hydrogen) atoms. The number of fused-ring (bicyclic) bond motifs is 1. The van der Waals surface area contributed by atoms with Gasteiger partial charge in [-0.25, -0.2) is 0 Å². The quantitative estimate of drug-likeness (QED) is 0.745. The fourth-order valence-electron chi connectivity index (χ4n) is 5.74. The highest BCUT2D eigenvalue weighted by Crippen LogP contribution is 2.45. The Morgan fingerprint density at radius 3 is 2.37 bits per heavy atom. The molecule has 3 fully saturated rings.